The summed E-state index contributed by atoms with van der Waals surface area (Å²) in [7, 11) is 1.75. The molecule has 14 heavy (non-hydrogen) atoms. The quantitative estimate of drug-likeness (QED) is 0.602. The highest BCUT2D eigenvalue weighted by atomic mass is 32.2. The van der Waals surface area contributed by atoms with E-state index < -0.39 is 0 Å². The Morgan fingerprint density at radius 3 is 2.50 bits per heavy atom. The van der Waals surface area contributed by atoms with E-state index in [-0.39, 0.29) is 0 Å². The number of rotatable bonds is 9. The summed E-state index contributed by atoms with van der Waals surface area (Å²) >= 11 is 2.04. The molecular weight excluding hydrogens is 194 g/mol. The molecule has 0 aromatic heterocycles. The van der Waals surface area contributed by atoms with Crippen LogP contribution in [0.3, 0.4) is 0 Å². The van der Waals surface area contributed by atoms with Gasteiger partial charge in [0.2, 0.25) is 0 Å². The van der Waals surface area contributed by atoms with Crippen LogP contribution >= 0.6 is 11.8 Å². The van der Waals surface area contributed by atoms with E-state index in [9.17, 15) is 0 Å². The first-order valence-electron chi connectivity index (χ1n) is 5.47. The van der Waals surface area contributed by atoms with Crippen LogP contribution in [-0.4, -0.2) is 37.8 Å². The molecular formula is C11H25NOS. The highest BCUT2D eigenvalue weighted by Gasteiger charge is 1.99. The minimum atomic E-state index is 0.477. The van der Waals surface area contributed by atoms with E-state index in [1.807, 2.05) is 11.8 Å². The third-order valence-corrected chi connectivity index (χ3v) is 3.01. The van der Waals surface area contributed by atoms with Gasteiger partial charge in [0.15, 0.2) is 0 Å². The van der Waals surface area contributed by atoms with Crippen molar-refractivity contribution in [2.24, 2.45) is 5.92 Å². The molecule has 0 aromatic carbocycles. The molecule has 0 aliphatic rings. The van der Waals surface area contributed by atoms with Crippen LogP contribution in [0, 0.1) is 5.92 Å². The van der Waals surface area contributed by atoms with Gasteiger partial charge in [-0.1, -0.05) is 13.8 Å². The van der Waals surface area contributed by atoms with Gasteiger partial charge in [0.1, 0.15) is 0 Å². The maximum absolute atomic E-state index is 5.04. The monoisotopic (exact) mass is 219 g/mol. The maximum Gasteiger partial charge on any atom is 0.0613 e. The van der Waals surface area contributed by atoms with Crippen molar-refractivity contribution >= 4 is 11.8 Å². The summed E-state index contributed by atoms with van der Waals surface area (Å²) in [6.07, 6.45) is 1.33. The van der Waals surface area contributed by atoms with Gasteiger partial charge in [-0.05, 0) is 25.0 Å². The lowest BCUT2D eigenvalue weighted by Gasteiger charge is -2.12. The van der Waals surface area contributed by atoms with Crippen LogP contribution < -0.4 is 5.32 Å². The van der Waals surface area contributed by atoms with Gasteiger partial charge in [0.25, 0.3) is 0 Å². The van der Waals surface area contributed by atoms with Crippen molar-refractivity contribution in [3.8, 4) is 0 Å². The summed E-state index contributed by atoms with van der Waals surface area (Å²) in [5, 5.41) is 3.43. The van der Waals surface area contributed by atoms with E-state index in [4.69, 9.17) is 4.74 Å². The molecule has 1 N–H and O–H groups in total. The van der Waals surface area contributed by atoms with Gasteiger partial charge >= 0.3 is 0 Å². The molecule has 2 nitrogen and oxygen atoms in total. The van der Waals surface area contributed by atoms with E-state index in [2.05, 4.69) is 26.1 Å². The molecule has 1 atom stereocenters. The average molecular weight is 219 g/mol. The molecule has 0 saturated carbocycles. The molecule has 0 aliphatic carbocycles. The normalized spacial score (nSPS) is 13.5. The predicted molar refractivity (Wildman–Crippen MR) is 66.1 cm³/mol. The summed E-state index contributed by atoms with van der Waals surface area (Å²) in [6, 6.07) is 0.477. The van der Waals surface area contributed by atoms with Gasteiger partial charge in [0, 0.05) is 25.4 Å². The van der Waals surface area contributed by atoms with E-state index in [0.717, 1.165) is 19.1 Å². The van der Waals surface area contributed by atoms with Gasteiger partial charge < -0.3 is 10.1 Å². The first-order valence-corrected chi connectivity index (χ1v) is 6.62. The Balaban J connectivity index is 3.05. The Kier molecular flexibility index (Phi) is 10.0. The van der Waals surface area contributed by atoms with E-state index in [1.54, 1.807) is 7.11 Å². The fraction of sp³-hybridized carbons (Fsp3) is 1.00. The van der Waals surface area contributed by atoms with Crippen LogP contribution in [0.5, 0.6) is 0 Å². The molecule has 0 aliphatic heterocycles. The summed E-state index contributed by atoms with van der Waals surface area (Å²) in [4.78, 5) is 0. The van der Waals surface area contributed by atoms with E-state index in [1.165, 1.54) is 17.9 Å². The first-order chi connectivity index (χ1) is 6.66. The SMILES string of the molecule is COCC(C)NCCSCCC(C)C. The second-order valence-corrected chi connectivity index (χ2v) is 5.33. The molecule has 0 fully saturated rings. The Labute approximate surface area is 93.2 Å². The maximum atomic E-state index is 5.04. The Morgan fingerprint density at radius 2 is 1.93 bits per heavy atom. The first kappa shape index (κ1) is 14.3. The highest BCUT2D eigenvalue weighted by Crippen LogP contribution is 2.07. The van der Waals surface area contributed by atoms with Crippen molar-refractivity contribution in [1.82, 2.24) is 5.32 Å². The number of methoxy groups -OCH3 is 1. The van der Waals surface area contributed by atoms with Crippen LogP contribution in [0.25, 0.3) is 0 Å². The summed E-state index contributed by atoms with van der Waals surface area (Å²) in [5.41, 5.74) is 0. The Morgan fingerprint density at radius 1 is 1.21 bits per heavy atom. The van der Waals surface area contributed by atoms with Gasteiger partial charge in [-0.2, -0.15) is 11.8 Å². The van der Waals surface area contributed by atoms with Crippen molar-refractivity contribution in [3.63, 3.8) is 0 Å². The highest BCUT2D eigenvalue weighted by molar-refractivity contribution is 7.99. The van der Waals surface area contributed by atoms with Gasteiger partial charge in [-0.15, -0.1) is 0 Å². The molecule has 0 rings (SSSR count). The molecule has 0 amide bonds. The second kappa shape index (κ2) is 9.81. The molecule has 0 radical (unpaired) electrons. The van der Waals surface area contributed by atoms with Gasteiger partial charge in [0.05, 0.1) is 6.61 Å². The molecule has 0 heterocycles. The topological polar surface area (TPSA) is 21.3 Å². The standard InChI is InChI=1S/C11H25NOS/c1-10(2)5-7-14-8-6-12-11(3)9-13-4/h10-12H,5-9H2,1-4H3. The van der Waals surface area contributed by atoms with Crippen molar-refractivity contribution in [1.29, 1.82) is 0 Å². The predicted octanol–water partition coefficient (Wildman–Crippen LogP) is 2.39. The molecule has 0 aromatic rings. The zero-order valence-corrected chi connectivity index (χ0v) is 10.8. The molecule has 1 unspecified atom stereocenters. The van der Waals surface area contributed by atoms with E-state index >= 15 is 0 Å². The number of hydrogen-bond donors (Lipinski definition) is 1. The summed E-state index contributed by atoms with van der Waals surface area (Å²) in [6.45, 7) is 8.60. The largest absolute Gasteiger partial charge is 0.383 e. The Bertz CT molecular complexity index is 120. The van der Waals surface area contributed by atoms with Crippen molar-refractivity contribution < 1.29 is 4.74 Å². The fourth-order valence-corrected chi connectivity index (χ4v) is 2.21. The minimum Gasteiger partial charge on any atom is -0.383 e. The van der Waals surface area contributed by atoms with Crippen LogP contribution in [0.1, 0.15) is 27.2 Å². The molecule has 3 heteroatoms. The lowest BCUT2D eigenvalue weighted by molar-refractivity contribution is 0.173. The molecule has 0 spiro atoms. The van der Waals surface area contributed by atoms with Crippen LogP contribution in [0.15, 0.2) is 0 Å². The zero-order chi connectivity index (χ0) is 10.8. The van der Waals surface area contributed by atoms with Crippen LogP contribution in [0.4, 0.5) is 0 Å². The summed E-state index contributed by atoms with van der Waals surface area (Å²) in [5.74, 6) is 3.33. The molecule has 0 saturated heterocycles. The van der Waals surface area contributed by atoms with Crippen molar-refractivity contribution in [2.75, 3.05) is 31.8 Å². The minimum absolute atomic E-state index is 0.477. The molecule has 0 bridgehead atoms. The second-order valence-electron chi connectivity index (χ2n) is 4.11. The smallest absolute Gasteiger partial charge is 0.0613 e. The number of thioether (sulfide) groups is 1. The lowest BCUT2D eigenvalue weighted by Crippen LogP contribution is -2.31. The summed E-state index contributed by atoms with van der Waals surface area (Å²) < 4.78 is 5.04. The van der Waals surface area contributed by atoms with Crippen molar-refractivity contribution in [3.05, 3.63) is 0 Å². The zero-order valence-electron chi connectivity index (χ0n) is 10.0. The van der Waals surface area contributed by atoms with E-state index in [0.29, 0.717) is 6.04 Å². The van der Waals surface area contributed by atoms with Crippen LogP contribution in [0.2, 0.25) is 0 Å². The number of ether oxygens (including phenoxy) is 1. The lowest BCUT2D eigenvalue weighted by atomic mass is 10.2. The molecule has 86 valence electrons. The fourth-order valence-electron chi connectivity index (χ4n) is 1.11. The third-order valence-electron chi connectivity index (χ3n) is 2.00. The number of nitrogens with one attached hydrogen (secondary N) is 1. The van der Waals surface area contributed by atoms with Crippen LogP contribution in [-0.2, 0) is 4.74 Å². The number of hydrogen-bond acceptors (Lipinski definition) is 3. The average Bonchev–Trinajstić information content (AvgIpc) is 2.11. The van der Waals surface area contributed by atoms with Crippen molar-refractivity contribution in [2.45, 2.75) is 33.2 Å². The van der Waals surface area contributed by atoms with Gasteiger partial charge in [-0.3, -0.25) is 0 Å². The Hall–Kier alpha value is 0.270. The van der Waals surface area contributed by atoms with Gasteiger partial charge in [-0.25, -0.2) is 0 Å². The third kappa shape index (κ3) is 10.4.